The molecule has 0 aliphatic heterocycles. The maximum Gasteiger partial charge on any atom is 0.315 e. The summed E-state index contributed by atoms with van der Waals surface area (Å²) < 4.78 is 0. The van der Waals surface area contributed by atoms with E-state index >= 15 is 0 Å². The molecular formula is C14H15ClN4O3. The highest BCUT2D eigenvalue weighted by Crippen LogP contribution is 2.08. The number of hydrogen-bond acceptors (Lipinski definition) is 4. The second-order valence-corrected chi connectivity index (χ2v) is 4.74. The minimum Gasteiger partial charge on any atom is -0.358 e. The number of carbonyl (C=O) groups is 3. The van der Waals surface area contributed by atoms with Gasteiger partial charge in [0.2, 0.25) is 5.91 Å². The zero-order valence-corrected chi connectivity index (χ0v) is 12.6. The molecule has 0 aromatic heterocycles. The molecule has 3 amide bonds. The van der Waals surface area contributed by atoms with Crippen LogP contribution in [0.2, 0.25) is 5.02 Å². The smallest absolute Gasteiger partial charge is 0.315 e. The summed E-state index contributed by atoms with van der Waals surface area (Å²) in [4.78, 5) is 34.5. The van der Waals surface area contributed by atoms with Crippen LogP contribution in [-0.4, -0.2) is 31.3 Å². The molecule has 1 aromatic rings. The first-order valence-electron chi connectivity index (χ1n) is 6.38. The number of amides is 3. The SMILES string of the molecule is CNC(=O)C(C#N)C(=O)CNC(=O)NCc1ccc(Cl)cc1. The number of Topliss-reactive ketones (excluding diaryl/α,β-unsaturated/α-hetero) is 1. The molecule has 1 unspecified atom stereocenters. The third-order valence-corrected chi connectivity index (χ3v) is 3.00. The van der Waals surface area contributed by atoms with Crippen LogP contribution in [0.4, 0.5) is 4.79 Å². The average Bonchev–Trinajstić information content (AvgIpc) is 2.52. The number of halogens is 1. The monoisotopic (exact) mass is 322 g/mol. The van der Waals surface area contributed by atoms with E-state index in [9.17, 15) is 14.4 Å². The molecule has 116 valence electrons. The highest BCUT2D eigenvalue weighted by molar-refractivity contribution is 6.30. The first kappa shape index (κ1) is 17.5. The lowest BCUT2D eigenvalue weighted by molar-refractivity contribution is -0.130. The van der Waals surface area contributed by atoms with E-state index in [0.29, 0.717) is 5.02 Å². The molecule has 8 heteroatoms. The van der Waals surface area contributed by atoms with Gasteiger partial charge in [-0.15, -0.1) is 0 Å². The van der Waals surface area contributed by atoms with Gasteiger partial charge in [0.05, 0.1) is 12.6 Å². The standard InChI is InChI=1S/C14H15ClN4O3/c1-17-13(21)11(6-16)12(20)8-19-14(22)18-7-9-2-4-10(15)5-3-9/h2-5,11H,7-8H2,1H3,(H,17,21)(H2,18,19,22). The number of nitriles is 1. The molecule has 0 spiro atoms. The lowest BCUT2D eigenvalue weighted by Gasteiger charge is -2.09. The van der Waals surface area contributed by atoms with Crippen molar-refractivity contribution in [2.45, 2.75) is 6.54 Å². The molecule has 1 aromatic carbocycles. The van der Waals surface area contributed by atoms with E-state index in [0.717, 1.165) is 5.56 Å². The van der Waals surface area contributed by atoms with E-state index in [1.165, 1.54) is 7.05 Å². The highest BCUT2D eigenvalue weighted by atomic mass is 35.5. The molecule has 0 saturated carbocycles. The zero-order chi connectivity index (χ0) is 16.5. The topological polar surface area (TPSA) is 111 Å². The lowest BCUT2D eigenvalue weighted by atomic mass is 10.1. The Kier molecular flexibility index (Phi) is 6.86. The van der Waals surface area contributed by atoms with Gasteiger partial charge in [-0.1, -0.05) is 23.7 Å². The van der Waals surface area contributed by atoms with Crippen molar-refractivity contribution in [1.29, 1.82) is 5.26 Å². The number of carbonyl (C=O) groups excluding carboxylic acids is 3. The molecule has 1 atom stereocenters. The maximum absolute atomic E-state index is 11.7. The van der Waals surface area contributed by atoms with Crippen molar-refractivity contribution in [1.82, 2.24) is 16.0 Å². The highest BCUT2D eigenvalue weighted by Gasteiger charge is 2.25. The molecule has 7 nitrogen and oxygen atoms in total. The van der Waals surface area contributed by atoms with Gasteiger partial charge in [0.25, 0.3) is 0 Å². The van der Waals surface area contributed by atoms with Gasteiger partial charge in [0.15, 0.2) is 11.7 Å². The predicted octanol–water partition coefficient (Wildman–Crippen LogP) is 0.594. The molecule has 1 rings (SSSR count). The molecule has 0 heterocycles. The Morgan fingerprint density at radius 2 is 1.86 bits per heavy atom. The van der Waals surface area contributed by atoms with Gasteiger partial charge in [0, 0.05) is 18.6 Å². The molecular weight excluding hydrogens is 308 g/mol. The number of rotatable bonds is 6. The van der Waals surface area contributed by atoms with Crippen LogP contribution < -0.4 is 16.0 Å². The van der Waals surface area contributed by atoms with E-state index < -0.39 is 30.2 Å². The number of nitrogens with zero attached hydrogens (tertiary/aromatic N) is 1. The summed E-state index contributed by atoms with van der Waals surface area (Å²) in [6.07, 6.45) is 0. The van der Waals surface area contributed by atoms with Crippen molar-refractivity contribution >= 4 is 29.3 Å². The Labute approximate surface area is 132 Å². The van der Waals surface area contributed by atoms with Crippen LogP contribution >= 0.6 is 11.6 Å². The molecule has 0 aliphatic rings. The van der Waals surface area contributed by atoms with Crippen LogP contribution in [-0.2, 0) is 16.1 Å². The summed E-state index contributed by atoms with van der Waals surface area (Å²) in [7, 11) is 1.33. The van der Waals surface area contributed by atoms with Crippen molar-refractivity contribution in [3.8, 4) is 6.07 Å². The van der Waals surface area contributed by atoms with E-state index in [1.807, 2.05) is 0 Å². The van der Waals surface area contributed by atoms with Crippen LogP contribution in [0.25, 0.3) is 0 Å². The lowest BCUT2D eigenvalue weighted by Crippen LogP contribution is -2.42. The van der Waals surface area contributed by atoms with Crippen molar-refractivity contribution in [3.05, 3.63) is 34.9 Å². The molecule has 0 radical (unpaired) electrons. The van der Waals surface area contributed by atoms with Gasteiger partial charge in [-0.2, -0.15) is 5.26 Å². The van der Waals surface area contributed by atoms with Crippen LogP contribution in [0.3, 0.4) is 0 Å². The molecule has 0 bridgehead atoms. The minimum absolute atomic E-state index is 0.258. The minimum atomic E-state index is -1.43. The van der Waals surface area contributed by atoms with E-state index in [4.69, 9.17) is 16.9 Å². The van der Waals surface area contributed by atoms with Crippen molar-refractivity contribution < 1.29 is 14.4 Å². The maximum atomic E-state index is 11.7. The molecule has 0 aliphatic carbocycles. The average molecular weight is 323 g/mol. The molecule has 22 heavy (non-hydrogen) atoms. The van der Waals surface area contributed by atoms with E-state index in [2.05, 4.69) is 16.0 Å². The summed E-state index contributed by atoms with van der Waals surface area (Å²) in [5.74, 6) is -2.80. The third-order valence-electron chi connectivity index (χ3n) is 2.75. The summed E-state index contributed by atoms with van der Waals surface area (Å²) in [5.41, 5.74) is 0.839. The molecule has 3 N–H and O–H groups in total. The second kappa shape index (κ2) is 8.64. The number of benzene rings is 1. The number of ketones is 1. The Bertz CT molecular complexity index is 595. The second-order valence-electron chi connectivity index (χ2n) is 4.31. The van der Waals surface area contributed by atoms with Crippen LogP contribution in [0.1, 0.15) is 5.56 Å². The fraction of sp³-hybridized carbons (Fsp3) is 0.286. The van der Waals surface area contributed by atoms with Crippen LogP contribution in [0.15, 0.2) is 24.3 Å². The van der Waals surface area contributed by atoms with Gasteiger partial charge >= 0.3 is 6.03 Å². The fourth-order valence-corrected chi connectivity index (χ4v) is 1.66. The third kappa shape index (κ3) is 5.42. The van der Waals surface area contributed by atoms with Gasteiger partial charge < -0.3 is 16.0 Å². The van der Waals surface area contributed by atoms with Gasteiger partial charge in [-0.25, -0.2) is 4.79 Å². The normalized spacial score (nSPS) is 11.0. The summed E-state index contributed by atoms with van der Waals surface area (Å²) in [6.45, 7) is -0.146. The molecule has 0 fully saturated rings. The summed E-state index contributed by atoms with van der Waals surface area (Å²) in [5, 5.41) is 16.4. The summed E-state index contributed by atoms with van der Waals surface area (Å²) >= 11 is 5.74. The quantitative estimate of drug-likeness (QED) is 0.666. The van der Waals surface area contributed by atoms with Gasteiger partial charge in [0.1, 0.15) is 0 Å². The van der Waals surface area contributed by atoms with E-state index in [1.54, 1.807) is 30.3 Å². The Morgan fingerprint density at radius 3 is 2.41 bits per heavy atom. The first-order chi connectivity index (χ1) is 10.5. The Morgan fingerprint density at radius 1 is 1.23 bits per heavy atom. The van der Waals surface area contributed by atoms with Crippen molar-refractivity contribution in [2.75, 3.05) is 13.6 Å². The van der Waals surface area contributed by atoms with Crippen LogP contribution in [0.5, 0.6) is 0 Å². The predicted molar refractivity (Wildman–Crippen MR) is 79.9 cm³/mol. The largest absolute Gasteiger partial charge is 0.358 e. The molecule has 0 saturated heterocycles. The van der Waals surface area contributed by atoms with Gasteiger partial charge in [-0.05, 0) is 17.7 Å². The number of nitrogens with one attached hydrogen (secondary N) is 3. The van der Waals surface area contributed by atoms with Crippen molar-refractivity contribution in [3.63, 3.8) is 0 Å². The first-order valence-corrected chi connectivity index (χ1v) is 6.75. The van der Waals surface area contributed by atoms with Crippen LogP contribution in [0, 0.1) is 17.2 Å². The number of urea groups is 1. The Balaban J connectivity index is 2.39. The Hall–Kier alpha value is -2.59. The number of hydrogen-bond donors (Lipinski definition) is 3. The van der Waals surface area contributed by atoms with Crippen molar-refractivity contribution in [2.24, 2.45) is 5.92 Å². The zero-order valence-electron chi connectivity index (χ0n) is 11.9. The van der Waals surface area contributed by atoms with E-state index in [-0.39, 0.29) is 6.54 Å². The van der Waals surface area contributed by atoms with Gasteiger partial charge in [-0.3, -0.25) is 9.59 Å². The fourth-order valence-electron chi connectivity index (χ4n) is 1.54. The summed E-state index contributed by atoms with van der Waals surface area (Å²) in [6, 6.07) is 7.92.